The van der Waals surface area contributed by atoms with E-state index in [0.29, 0.717) is 5.92 Å². The molecule has 0 bridgehead atoms. The summed E-state index contributed by atoms with van der Waals surface area (Å²) in [7, 11) is 0. The first-order valence-electron chi connectivity index (χ1n) is 3.32. The van der Waals surface area contributed by atoms with Crippen LogP contribution < -0.4 is 5.32 Å². The maximum absolute atomic E-state index is 8.92. The lowest BCUT2D eigenvalue weighted by Crippen LogP contribution is -2.43. The molecule has 9 heavy (non-hydrogen) atoms. The van der Waals surface area contributed by atoms with Crippen molar-refractivity contribution >= 4 is 0 Å². The average molecular weight is 131 g/mol. The molecule has 0 aromatic carbocycles. The van der Waals surface area contributed by atoms with Crippen LogP contribution in [0, 0.1) is 5.92 Å². The lowest BCUT2D eigenvalue weighted by Gasteiger charge is -2.28. The fourth-order valence-electron chi connectivity index (χ4n) is 0.974. The van der Waals surface area contributed by atoms with Gasteiger partial charge in [0.2, 0.25) is 0 Å². The van der Waals surface area contributed by atoms with Crippen LogP contribution in [0.3, 0.4) is 0 Å². The molecule has 0 spiro atoms. The van der Waals surface area contributed by atoms with Crippen molar-refractivity contribution in [2.75, 3.05) is 19.7 Å². The molecule has 1 unspecified atom stereocenters. The van der Waals surface area contributed by atoms with E-state index in [1.807, 2.05) is 0 Å². The van der Waals surface area contributed by atoms with Crippen LogP contribution in [0.5, 0.6) is 0 Å². The predicted octanol–water partition coefficient (Wildman–Crippen LogP) is -1.05. The van der Waals surface area contributed by atoms with Gasteiger partial charge in [0.05, 0.1) is 12.7 Å². The molecular weight excluding hydrogens is 118 g/mol. The first-order chi connectivity index (χ1) is 4.33. The first kappa shape index (κ1) is 6.99. The Bertz CT molecular complexity index is 80.4. The Morgan fingerprint density at radius 2 is 2.22 bits per heavy atom. The summed E-state index contributed by atoms with van der Waals surface area (Å²) in [5, 5.41) is 20.4. The van der Waals surface area contributed by atoms with Gasteiger partial charge in [-0.1, -0.05) is 0 Å². The first-order valence-corrected chi connectivity index (χ1v) is 3.32. The van der Waals surface area contributed by atoms with Crippen molar-refractivity contribution in [2.45, 2.75) is 12.5 Å². The minimum atomic E-state index is -0.503. The Labute approximate surface area is 54.7 Å². The van der Waals surface area contributed by atoms with Gasteiger partial charge in [-0.05, 0) is 25.4 Å². The number of nitrogens with one attached hydrogen (secondary N) is 1. The third kappa shape index (κ3) is 1.93. The van der Waals surface area contributed by atoms with Crippen LogP contribution in [0.4, 0.5) is 0 Å². The SMILES string of the molecule is OCC(O)CC1CNC1. The van der Waals surface area contributed by atoms with Crippen molar-refractivity contribution in [2.24, 2.45) is 5.92 Å². The molecule has 1 aliphatic heterocycles. The van der Waals surface area contributed by atoms with Gasteiger partial charge in [0.1, 0.15) is 0 Å². The fourth-order valence-corrected chi connectivity index (χ4v) is 0.974. The third-order valence-electron chi connectivity index (χ3n) is 1.68. The molecule has 0 radical (unpaired) electrons. The fraction of sp³-hybridized carbons (Fsp3) is 1.00. The molecule has 1 atom stereocenters. The van der Waals surface area contributed by atoms with Crippen LogP contribution in [0.25, 0.3) is 0 Å². The van der Waals surface area contributed by atoms with Gasteiger partial charge in [0, 0.05) is 0 Å². The van der Waals surface area contributed by atoms with Crippen LogP contribution in [0.1, 0.15) is 6.42 Å². The van der Waals surface area contributed by atoms with Gasteiger partial charge in [-0.15, -0.1) is 0 Å². The van der Waals surface area contributed by atoms with Crippen LogP contribution in [-0.4, -0.2) is 36.0 Å². The molecule has 1 rings (SSSR count). The molecule has 0 aromatic heterocycles. The number of rotatable bonds is 3. The molecule has 0 saturated carbocycles. The smallest absolute Gasteiger partial charge is 0.0774 e. The molecule has 1 heterocycles. The maximum atomic E-state index is 8.92. The second kappa shape index (κ2) is 3.15. The molecule has 3 nitrogen and oxygen atoms in total. The summed E-state index contributed by atoms with van der Waals surface area (Å²) in [5.74, 6) is 0.590. The summed E-state index contributed by atoms with van der Waals surface area (Å²) in [4.78, 5) is 0. The Hall–Kier alpha value is -0.120. The summed E-state index contributed by atoms with van der Waals surface area (Å²) in [6, 6.07) is 0. The number of aliphatic hydroxyl groups excluding tert-OH is 2. The zero-order valence-electron chi connectivity index (χ0n) is 5.38. The molecule has 1 saturated heterocycles. The average Bonchev–Trinajstić information content (AvgIpc) is 1.78. The highest BCUT2D eigenvalue weighted by molar-refractivity contribution is 4.76. The molecule has 1 fully saturated rings. The third-order valence-corrected chi connectivity index (χ3v) is 1.68. The lowest BCUT2D eigenvalue weighted by molar-refractivity contribution is 0.0656. The maximum Gasteiger partial charge on any atom is 0.0774 e. The Morgan fingerprint density at radius 3 is 2.56 bits per heavy atom. The van der Waals surface area contributed by atoms with Crippen LogP contribution >= 0.6 is 0 Å². The van der Waals surface area contributed by atoms with Gasteiger partial charge < -0.3 is 15.5 Å². The van der Waals surface area contributed by atoms with Gasteiger partial charge in [-0.3, -0.25) is 0 Å². The summed E-state index contributed by atoms with van der Waals surface area (Å²) < 4.78 is 0. The van der Waals surface area contributed by atoms with E-state index in [1.165, 1.54) is 0 Å². The van der Waals surface area contributed by atoms with Gasteiger partial charge in [0.25, 0.3) is 0 Å². The zero-order valence-corrected chi connectivity index (χ0v) is 5.38. The quantitative estimate of drug-likeness (QED) is 0.458. The second-order valence-corrected chi connectivity index (χ2v) is 2.60. The zero-order chi connectivity index (χ0) is 6.69. The minimum absolute atomic E-state index is 0.101. The Balaban J connectivity index is 2.01. The predicted molar refractivity (Wildman–Crippen MR) is 34.1 cm³/mol. The van der Waals surface area contributed by atoms with Gasteiger partial charge >= 0.3 is 0 Å². The molecule has 0 aliphatic carbocycles. The molecule has 0 aromatic rings. The molecule has 1 aliphatic rings. The van der Waals surface area contributed by atoms with E-state index in [0.717, 1.165) is 19.5 Å². The summed E-state index contributed by atoms with van der Waals surface area (Å²) >= 11 is 0. The number of hydrogen-bond donors (Lipinski definition) is 3. The van der Waals surface area contributed by atoms with E-state index in [9.17, 15) is 0 Å². The van der Waals surface area contributed by atoms with Gasteiger partial charge in [-0.2, -0.15) is 0 Å². The van der Waals surface area contributed by atoms with E-state index >= 15 is 0 Å². The van der Waals surface area contributed by atoms with Crippen LogP contribution in [-0.2, 0) is 0 Å². The number of hydrogen-bond acceptors (Lipinski definition) is 3. The molecule has 3 heteroatoms. The van der Waals surface area contributed by atoms with Crippen molar-refractivity contribution in [3.63, 3.8) is 0 Å². The summed E-state index contributed by atoms with van der Waals surface area (Å²) in [6.45, 7) is 1.89. The molecule has 54 valence electrons. The highest BCUT2D eigenvalue weighted by Gasteiger charge is 2.19. The standard InChI is InChI=1S/C6H13NO2/c8-4-6(9)1-5-2-7-3-5/h5-9H,1-4H2. The monoisotopic (exact) mass is 131 g/mol. The van der Waals surface area contributed by atoms with E-state index in [1.54, 1.807) is 0 Å². The Kier molecular flexibility index (Phi) is 2.45. The number of aliphatic hydroxyl groups is 2. The lowest BCUT2D eigenvalue weighted by atomic mass is 9.96. The summed E-state index contributed by atoms with van der Waals surface area (Å²) in [6.07, 6.45) is 0.237. The van der Waals surface area contributed by atoms with E-state index in [4.69, 9.17) is 10.2 Å². The second-order valence-electron chi connectivity index (χ2n) is 2.60. The summed E-state index contributed by atoms with van der Waals surface area (Å²) in [5.41, 5.74) is 0. The van der Waals surface area contributed by atoms with E-state index in [-0.39, 0.29) is 6.61 Å². The molecule has 3 N–H and O–H groups in total. The Morgan fingerprint density at radius 1 is 1.56 bits per heavy atom. The molecular formula is C6H13NO2. The normalized spacial score (nSPS) is 23.3. The van der Waals surface area contributed by atoms with Gasteiger partial charge in [0.15, 0.2) is 0 Å². The van der Waals surface area contributed by atoms with Gasteiger partial charge in [-0.25, -0.2) is 0 Å². The van der Waals surface area contributed by atoms with E-state index < -0.39 is 6.10 Å². The van der Waals surface area contributed by atoms with Crippen molar-refractivity contribution in [3.8, 4) is 0 Å². The highest BCUT2D eigenvalue weighted by atomic mass is 16.3. The van der Waals surface area contributed by atoms with Crippen LogP contribution in [0.2, 0.25) is 0 Å². The molecule has 0 amide bonds. The highest BCUT2D eigenvalue weighted by Crippen LogP contribution is 2.10. The largest absolute Gasteiger partial charge is 0.394 e. The minimum Gasteiger partial charge on any atom is -0.394 e. The van der Waals surface area contributed by atoms with Crippen molar-refractivity contribution in [1.29, 1.82) is 0 Å². The topological polar surface area (TPSA) is 52.5 Å². The van der Waals surface area contributed by atoms with Crippen molar-refractivity contribution in [1.82, 2.24) is 5.32 Å². The van der Waals surface area contributed by atoms with Crippen molar-refractivity contribution in [3.05, 3.63) is 0 Å². The van der Waals surface area contributed by atoms with Crippen molar-refractivity contribution < 1.29 is 10.2 Å². The van der Waals surface area contributed by atoms with E-state index in [2.05, 4.69) is 5.32 Å². The van der Waals surface area contributed by atoms with Crippen LogP contribution in [0.15, 0.2) is 0 Å².